The third-order valence-electron chi connectivity index (χ3n) is 3.96. The molecule has 0 radical (unpaired) electrons. The zero-order valence-electron chi connectivity index (χ0n) is 11.7. The Labute approximate surface area is 136 Å². The number of hydrogen-bond acceptors (Lipinski definition) is 4. The first-order valence-electron chi connectivity index (χ1n) is 6.93. The van der Waals surface area contributed by atoms with Gasteiger partial charge >= 0.3 is 0 Å². The van der Waals surface area contributed by atoms with Gasteiger partial charge in [0.2, 0.25) is 5.95 Å². The fourth-order valence-corrected chi connectivity index (χ4v) is 3.21. The SMILES string of the molecule is CC1CCN(c2n[nH]c(-c3ccc(F)cc3I)n2)CC1N. The Kier molecular flexibility index (Phi) is 4.12. The number of H-pyrrole nitrogens is 1. The summed E-state index contributed by atoms with van der Waals surface area (Å²) in [6, 6.07) is 4.77. The number of nitrogens with zero attached hydrogens (tertiary/aromatic N) is 3. The predicted octanol–water partition coefficient (Wildman–Crippen LogP) is 2.39. The summed E-state index contributed by atoms with van der Waals surface area (Å²) in [5.74, 6) is 1.59. The van der Waals surface area contributed by atoms with E-state index in [1.54, 1.807) is 6.07 Å². The van der Waals surface area contributed by atoms with Gasteiger partial charge in [0.05, 0.1) is 0 Å². The standard InChI is InChI=1S/C14H17FIN5/c1-8-4-5-21(7-12(8)17)14-18-13(19-20-14)10-3-2-9(15)6-11(10)16/h2-3,6,8,12H,4-5,7,17H2,1H3,(H,18,19,20). The molecule has 5 nitrogen and oxygen atoms in total. The molecule has 1 aliphatic rings. The molecule has 2 atom stereocenters. The normalized spacial score (nSPS) is 22.6. The highest BCUT2D eigenvalue weighted by atomic mass is 127. The molecule has 0 aliphatic carbocycles. The van der Waals surface area contributed by atoms with Crippen LogP contribution in [0.4, 0.5) is 10.3 Å². The Morgan fingerprint density at radius 1 is 1.48 bits per heavy atom. The Bertz CT molecular complexity index is 644. The minimum atomic E-state index is -0.251. The van der Waals surface area contributed by atoms with E-state index in [9.17, 15) is 4.39 Å². The number of aromatic amines is 1. The van der Waals surface area contributed by atoms with E-state index in [-0.39, 0.29) is 11.9 Å². The number of hydrogen-bond donors (Lipinski definition) is 2. The lowest BCUT2D eigenvalue weighted by atomic mass is 9.95. The number of nitrogens with one attached hydrogen (secondary N) is 1. The van der Waals surface area contributed by atoms with Crippen molar-refractivity contribution >= 4 is 28.5 Å². The van der Waals surface area contributed by atoms with Crippen molar-refractivity contribution in [2.45, 2.75) is 19.4 Å². The number of nitrogens with two attached hydrogens (primary N) is 1. The van der Waals surface area contributed by atoms with Crippen LogP contribution in [0.25, 0.3) is 11.4 Å². The van der Waals surface area contributed by atoms with Crippen LogP contribution in [0.1, 0.15) is 13.3 Å². The number of anilines is 1. The molecule has 3 rings (SSSR count). The molecule has 0 saturated carbocycles. The van der Waals surface area contributed by atoms with E-state index in [1.165, 1.54) is 12.1 Å². The summed E-state index contributed by atoms with van der Waals surface area (Å²) in [5.41, 5.74) is 6.97. The van der Waals surface area contributed by atoms with Gasteiger partial charge in [-0.05, 0) is 53.1 Å². The average Bonchev–Trinajstić information content (AvgIpc) is 2.91. The predicted molar refractivity (Wildman–Crippen MR) is 88.5 cm³/mol. The average molecular weight is 401 g/mol. The van der Waals surface area contributed by atoms with E-state index in [1.807, 2.05) is 0 Å². The van der Waals surface area contributed by atoms with Gasteiger partial charge in [0.15, 0.2) is 5.82 Å². The molecule has 1 aliphatic heterocycles. The summed E-state index contributed by atoms with van der Waals surface area (Å²) < 4.78 is 14.0. The lowest BCUT2D eigenvalue weighted by molar-refractivity contribution is 0.376. The minimum absolute atomic E-state index is 0.145. The van der Waals surface area contributed by atoms with Crippen LogP contribution in [0, 0.1) is 15.3 Å². The lowest BCUT2D eigenvalue weighted by Crippen LogP contribution is -2.48. The maximum absolute atomic E-state index is 13.2. The summed E-state index contributed by atoms with van der Waals surface area (Å²) >= 11 is 2.10. The number of rotatable bonds is 2. The fourth-order valence-electron chi connectivity index (χ4n) is 2.48. The van der Waals surface area contributed by atoms with Crippen LogP contribution >= 0.6 is 22.6 Å². The van der Waals surface area contributed by atoms with Crippen molar-refractivity contribution in [3.63, 3.8) is 0 Å². The van der Waals surface area contributed by atoms with E-state index in [0.29, 0.717) is 17.7 Å². The zero-order chi connectivity index (χ0) is 15.0. The number of aromatic nitrogens is 3. The van der Waals surface area contributed by atoms with Gasteiger partial charge in [-0.3, -0.25) is 5.10 Å². The van der Waals surface area contributed by atoms with E-state index in [2.05, 4.69) is 49.6 Å². The molecular weight excluding hydrogens is 384 g/mol. The van der Waals surface area contributed by atoms with Gasteiger partial charge < -0.3 is 10.6 Å². The molecule has 0 bridgehead atoms. The summed E-state index contributed by atoms with van der Waals surface area (Å²) in [6.07, 6.45) is 1.04. The molecule has 7 heteroatoms. The van der Waals surface area contributed by atoms with Crippen LogP contribution < -0.4 is 10.6 Å². The van der Waals surface area contributed by atoms with E-state index < -0.39 is 0 Å². The highest BCUT2D eigenvalue weighted by Crippen LogP contribution is 2.25. The van der Waals surface area contributed by atoms with Crippen LogP contribution in [0.15, 0.2) is 18.2 Å². The van der Waals surface area contributed by atoms with E-state index >= 15 is 0 Å². The molecule has 112 valence electrons. The maximum Gasteiger partial charge on any atom is 0.245 e. The van der Waals surface area contributed by atoms with Gasteiger partial charge in [0.1, 0.15) is 5.82 Å². The summed E-state index contributed by atoms with van der Waals surface area (Å²) in [4.78, 5) is 6.63. The monoisotopic (exact) mass is 401 g/mol. The highest BCUT2D eigenvalue weighted by Gasteiger charge is 2.25. The second kappa shape index (κ2) is 5.88. The Hall–Kier alpha value is -1.22. The van der Waals surface area contributed by atoms with Crippen LogP contribution in [-0.4, -0.2) is 34.3 Å². The fraction of sp³-hybridized carbons (Fsp3) is 0.429. The second-order valence-corrected chi connectivity index (χ2v) is 6.65. The Morgan fingerprint density at radius 2 is 2.29 bits per heavy atom. The molecule has 3 N–H and O–H groups in total. The van der Waals surface area contributed by atoms with Crippen molar-refractivity contribution < 1.29 is 4.39 Å². The van der Waals surface area contributed by atoms with Gasteiger partial charge in [-0.25, -0.2) is 4.39 Å². The van der Waals surface area contributed by atoms with Crippen molar-refractivity contribution in [3.05, 3.63) is 27.6 Å². The van der Waals surface area contributed by atoms with Crippen molar-refractivity contribution in [2.75, 3.05) is 18.0 Å². The van der Waals surface area contributed by atoms with Crippen LogP contribution in [0.2, 0.25) is 0 Å². The highest BCUT2D eigenvalue weighted by molar-refractivity contribution is 14.1. The summed E-state index contributed by atoms with van der Waals surface area (Å²) in [5, 5.41) is 7.21. The molecule has 2 unspecified atom stereocenters. The molecule has 0 amide bonds. The molecule has 0 spiro atoms. The first-order chi connectivity index (χ1) is 10.0. The molecule has 1 saturated heterocycles. The van der Waals surface area contributed by atoms with E-state index in [0.717, 1.165) is 28.6 Å². The van der Waals surface area contributed by atoms with Gasteiger partial charge in [-0.2, -0.15) is 4.98 Å². The largest absolute Gasteiger partial charge is 0.338 e. The van der Waals surface area contributed by atoms with E-state index in [4.69, 9.17) is 5.73 Å². The first kappa shape index (κ1) is 14.7. The Morgan fingerprint density at radius 3 is 3.00 bits per heavy atom. The van der Waals surface area contributed by atoms with Crippen molar-refractivity contribution in [3.8, 4) is 11.4 Å². The third kappa shape index (κ3) is 3.03. The van der Waals surface area contributed by atoms with Gasteiger partial charge in [0.25, 0.3) is 0 Å². The van der Waals surface area contributed by atoms with Crippen LogP contribution in [0.5, 0.6) is 0 Å². The zero-order valence-corrected chi connectivity index (χ0v) is 13.8. The summed E-state index contributed by atoms with van der Waals surface area (Å²) in [6.45, 7) is 3.85. The lowest BCUT2D eigenvalue weighted by Gasteiger charge is -2.34. The van der Waals surface area contributed by atoms with Crippen LogP contribution in [-0.2, 0) is 0 Å². The number of piperidine rings is 1. The molecule has 1 aromatic carbocycles. The quantitative estimate of drug-likeness (QED) is 0.759. The summed E-state index contributed by atoms with van der Waals surface area (Å²) in [7, 11) is 0. The maximum atomic E-state index is 13.2. The number of benzene rings is 1. The van der Waals surface area contributed by atoms with Gasteiger partial charge in [-0.1, -0.05) is 6.92 Å². The third-order valence-corrected chi connectivity index (χ3v) is 4.85. The van der Waals surface area contributed by atoms with Crippen molar-refractivity contribution in [1.29, 1.82) is 0 Å². The van der Waals surface area contributed by atoms with Crippen molar-refractivity contribution in [1.82, 2.24) is 15.2 Å². The molecule has 1 aromatic heterocycles. The molecule has 2 aromatic rings. The van der Waals surface area contributed by atoms with Crippen LogP contribution in [0.3, 0.4) is 0 Å². The molecule has 1 fully saturated rings. The first-order valence-corrected chi connectivity index (χ1v) is 8.01. The van der Waals surface area contributed by atoms with Gasteiger partial charge in [-0.15, -0.1) is 5.10 Å². The Balaban J connectivity index is 1.83. The minimum Gasteiger partial charge on any atom is -0.338 e. The van der Waals surface area contributed by atoms with Crippen molar-refractivity contribution in [2.24, 2.45) is 11.7 Å². The molecule has 2 heterocycles. The molecular formula is C14H17FIN5. The van der Waals surface area contributed by atoms with Gasteiger partial charge in [0, 0.05) is 28.3 Å². The topological polar surface area (TPSA) is 70.8 Å². The smallest absolute Gasteiger partial charge is 0.245 e. The molecule has 21 heavy (non-hydrogen) atoms. The second-order valence-electron chi connectivity index (χ2n) is 5.48. The number of halogens is 2.